The maximum atomic E-state index is 12.6. The predicted octanol–water partition coefficient (Wildman–Crippen LogP) is 3.59. The van der Waals surface area contributed by atoms with E-state index in [2.05, 4.69) is 4.98 Å². The highest BCUT2D eigenvalue weighted by Crippen LogP contribution is 2.20. The van der Waals surface area contributed by atoms with Crippen molar-refractivity contribution in [2.75, 3.05) is 7.05 Å². The highest BCUT2D eigenvalue weighted by molar-refractivity contribution is 6.30. The number of halogens is 1. The van der Waals surface area contributed by atoms with Gasteiger partial charge in [-0.2, -0.15) is 0 Å². The molecule has 24 heavy (non-hydrogen) atoms. The molecule has 1 amide bonds. The summed E-state index contributed by atoms with van der Waals surface area (Å²) in [5.41, 5.74) is 2.20. The second-order valence-corrected chi connectivity index (χ2v) is 6.02. The number of pyridine rings is 1. The number of hydrogen-bond acceptors (Lipinski definition) is 3. The molecule has 0 saturated carbocycles. The fourth-order valence-corrected chi connectivity index (χ4v) is 2.39. The lowest BCUT2D eigenvalue weighted by Crippen LogP contribution is -2.30. The highest BCUT2D eigenvalue weighted by Gasteiger charge is 2.19. The van der Waals surface area contributed by atoms with E-state index in [0.717, 1.165) is 11.3 Å². The molecule has 0 saturated heterocycles. The van der Waals surface area contributed by atoms with Crippen molar-refractivity contribution >= 4 is 23.5 Å². The van der Waals surface area contributed by atoms with Crippen molar-refractivity contribution in [3.8, 4) is 0 Å². The molecule has 0 bridgehead atoms. The molecule has 0 aliphatic heterocycles. The number of hydrogen-bond donors (Lipinski definition) is 1. The van der Waals surface area contributed by atoms with E-state index >= 15 is 0 Å². The summed E-state index contributed by atoms with van der Waals surface area (Å²) in [5.74, 6) is -0.955. The van der Waals surface area contributed by atoms with E-state index < -0.39 is 5.97 Å². The van der Waals surface area contributed by atoms with E-state index in [0.29, 0.717) is 17.0 Å². The SMILES string of the molecule is CC(c1ccc(Cl)cn1)N(C)C(=O)c1ccc(CCC(=O)O)cc1. The molecule has 1 aromatic carbocycles. The van der Waals surface area contributed by atoms with Crippen LogP contribution in [-0.2, 0) is 11.2 Å². The molecule has 1 aromatic heterocycles. The number of carboxylic acids is 1. The molecule has 0 radical (unpaired) electrons. The number of aryl methyl sites for hydroxylation is 1. The van der Waals surface area contributed by atoms with Crippen LogP contribution in [0.3, 0.4) is 0 Å². The van der Waals surface area contributed by atoms with Gasteiger partial charge >= 0.3 is 5.97 Å². The maximum absolute atomic E-state index is 12.6. The molecule has 1 N–H and O–H groups in total. The molecule has 2 aromatic rings. The van der Waals surface area contributed by atoms with Crippen molar-refractivity contribution in [2.45, 2.75) is 25.8 Å². The normalized spacial score (nSPS) is 11.8. The second kappa shape index (κ2) is 7.93. The lowest BCUT2D eigenvalue weighted by atomic mass is 10.1. The van der Waals surface area contributed by atoms with Gasteiger partial charge in [0.25, 0.3) is 5.91 Å². The van der Waals surface area contributed by atoms with Gasteiger partial charge in [-0.15, -0.1) is 0 Å². The van der Waals surface area contributed by atoms with Crippen LogP contribution in [0.4, 0.5) is 0 Å². The summed E-state index contributed by atoms with van der Waals surface area (Å²) in [6.07, 6.45) is 2.08. The number of aromatic nitrogens is 1. The Bertz CT molecular complexity index is 714. The van der Waals surface area contributed by atoms with Crippen molar-refractivity contribution < 1.29 is 14.7 Å². The smallest absolute Gasteiger partial charge is 0.303 e. The van der Waals surface area contributed by atoms with Crippen LogP contribution in [0.5, 0.6) is 0 Å². The van der Waals surface area contributed by atoms with Gasteiger partial charge in [0.2, 0.25) is 0 Å². The topological polar surface area (TPSA) is 70.5 Å². The summed E-state index contributed by atoms with van der Waals surface area (Å²) in [7, 11) is 1.72. The standard InChI is InChI=1S/C18H19ClN2O3/c1-12(16-9-8-15(19)11-20-16)21(2)18(24)14-6-3-13(4-7-14)5-10-17(22)23/h3-4,6-9,11-12H,5,10H2,1-2H3,(H,22,23). The molecule has 1 atom stereocenters. The number of nitrogens with zero attached hydrogens (tertiary/aromatic N) is 2. The van der Waals surface area contributed by atoms with Crippen molar-refractivity contribution in [1.29, 1.82) is 0 Å². The third-order valence-electron chi connectivity index (χ3n) is 3.91. The highest BCUT2D eigenvalue weighted by atomic mass is 35.5. The average Bonchev–Trinajstić information content (AvgIpc) is 2.59. The Hall–Kier alpha value is -2.40. The monoisotopic (exact) mass is 346 g/mol. The van der Waals surface area contributed by atoms with Crippen LogP contribution in [-0.4, -0.2) is 33.9 Å². The number of carboxylic acid groups (broad SMARTS) is 1. The quantitative estimate of drug-likeness (QED) is 0.867. The first-order valence-corrected chi connectivity index (χ1v) is 7.95. The molecule has 1 unspecified atom stereocenters. The fourth-order valence-electron chi connectivity index (χ4n) is 2.28. The summed E-state index contributed by atoms with van der Waals surface area (Å²) < 4.78 is 0. The minimum atomic E-state index is -0.834. The zero-order valence-corrected chi connectivity index (χ0v) is 14.3. The lowest BCUT2D eigenvalue weighted by molar-refractivity contribution is -0.136. The second-order valence-electron chi connectivity index (χ2n) is 5.58. The van der Waals surface area contributed by atoms with Gasteiger partial charge in [0, 0.05) is 25.2 Å². The average molecular weight is 347 g/mol. The van der Waals surface area contributed by atoms with Crippen LogP contribution in [0.25, 0.3) is 0 Å². The molecule has 0 spiro atoms. The van der Waals surface area contributed by atoms with E-state index in [1.165, 1.54) is 0 Å². The summed E-state index contributed by atoms with van der Waals surface area (Å²) in [6, 6.07) is 10.4. The van der Waals surface area contributed by atoms with Crippen LogP contribution in [0, 0.1) is 0 Å². The Morgan fingerprint density at radius 2 is 1.88 bits per heavy atom. The minimum Gasteiger partial charge on any atom is -0.481 e. The molecule has 0 aliphatic rings. The number of rotatable bonds is 6. The van der Waals surface area contributed by atoms with Gasteiger partial charge < -0.3 is 10.0 Å². The van der Waals surface area contributed by atoms with Gasteiger partial charge in [-0.25, -0.2) is 0 Å². The summed E-state index contributed by atoms with van der Waals surface area (Å²) >= 11 is 5.83. The van der Waals surface area contributed by atoms with Crippen molar-refractivity contribution in [1.82, 2.24) is 9.88 Å². The Morgan fingerprint density at radius 1 is 1.21 bits per heavy atom. The molecule has 0 aliphatic carbocycles. The van der Waals surface area contributed by atoms with E-state index in [4.69, 9.17) is 16.7 Å². The van der Waals surface area contributed by atoms with Crippen molar-refractivity contribution in [3.05, 3.63) is 64.4 Å². The Morgan fingerprint density at radius 3 is 2.42 bits per heavy atom. The van der Waals surface area contributed by atoms with Gasteiger partial charge in [-0.05, 0) is 43.2 Å². The molecule has 5 nitrogen and oxygen atoms in total. The van der Waals surface area contributed by atoms with Crippen LogP contribution in [0.15, 0.2) is 42.6 Å². The first-order valence-electron chi connectivity index (χ1n) is 7.58. The van der Waals surface area contributed by atoms with E-state index in [1.807, 2.05) is 6.92 Å². The van der Waals surface area contributed by atoms with Crippen LogP contribution in [0.1, 0.15) is 41.0 Å². The molecular weight excluding hydrogens is 328 g/mol. The largest absolute Gasteiger partial charge is 0.481 e. The van der Waals surface area contributed by atoms with E-state index in [1.54, 1.807) is 54.5 Å². The van der Waals surface area contributed by atoms with Crippen LogP contribution < -0.4 is 0 Å². The minimum absolute atomic E-state index is 0.0759. The maximum Gasteiger partial charge on any atom is 0.303 e. The van der Waals surface area contributed by atoms with E-state index in [9.17, 15) is 9.59 Å². The third-order valence-corrected chi connectivity index (χ3v) is 4.13. The fraction of sp³-hybridized carbons (Fsp3) is 0.278. The number of carbonyl (C=O) groups excluding carboxylic acids is 1. The predicted molar refractivity (Wildman–Crippen MR) is 92.2 cm³/mol. The number of carbonyl (C=O) groups is 2. The molecular formula is C18H19ClN2O3. The molecule has 126 valence electrons. The summed E-state index contributed by atoms with van der Waals surface area (Å²) in [5, 5.41) is 9.25. The Labute approximate surface area is 145 Å². The summed E-state index contributed by atoms with van der Waals surface area (Å²) in [6.45, 7) is 1.90. The van der Waals surface area contributed by atoms with Crippen molar-refractivity contribution in [3.63, 3.8) is 0 Å². The van der Waals surface area contributed by atoms with Crippen LogP contribution >= 0.6 is 11.6 Å². The lowest BCUT2D eigenvalue weighted by Gasteiger charge is -2.24. The van der Waals surface area contributed by atoms with Crippen molar-refractivity contribution in [2.24, 2.45) is 0 Å². The molecule has 0 fully saturated rings. The first kappa shape index (κ1) is 17.9. The number of benzene rings is 1. The zero-order chi connectivity index (χ0) is 17.7. The van der Waals surface area contributed by atoms with Gasteiger partial charge in [0.1, 0.15) is 0 Å². The number of aliphatic carboxylic acids is 1. The molecule has 1 heterocycles. The molecule has 6 heteroatoms. The van der Waals surface area contributed by atoms with Gasteiger partial charge in [0.15, 0.2) is 0 Å². The van der Waals surface area contributed by atoms with Gasteiger partial charge in [-0.3, -0.25) is 14.6 Å². The van der Waals surface area contributed by atoms with Gasteiger partial charge in [0.05, 0.1) is 16.8 Å². The van der Waals surface area contributed by atoms with Crippen LogP contribution in [0.2, 0.25) is 5.02 Å². The number of amides is 1. The summed E-state index contributed by atoms with van der Waals surface area (Å²) in [4.78, 5) is 29.0. The Kier molecular flexibility index (Phi) is 5.93. The third kappa shape index (κ3) is 4.55. The first-order chi connectivity index (χ1) is 11.4. The molecule has 2 rings (SSSR count). The van der Waals surface area contributed by atoms with Gasteiger partial charge in [-0.1, -0.05) is 23.7 Å². The van der Waals surface area contributed by atoms with E-state index in [-0.39, 0.29) is 18.4 Å². The Balaban J connectivity index is 2.06. The zero-order valence-electron chi connectivity index (χ0n) is 13.6.